The summed E-state index contributed by atoms with van der Waals surface area (Å²) in [6.45, 7) is 5.35. The first-order chi connectivity index (χ1) is 9.78. The highest BCUT2D eigenvalue weighted by molar-refractivity contribution is 7.09. The van der Waals surface area contributed by atoms with Crippen LogP contribution in [-0.4, -0.2) is 22.6 Å². The predicted molar refractivity (Wildman–Crippen MR) is 85.2 cm³/mol. The molecule has 0 amide bonds. The van der Waals surface area contributed by atoms with Gasteiger partial charge in [-0.3, -0.25) is 4.98 Å². The van der Waals surface area contributed by atoms with Crippen LogP contribution >= 0.6 is 11.3 Å². The van der Waals surface area contributed by atoms with Crippen molar-refractivity contribution in [1.82, 2.24) is 15.3 Å². The van der Waals surface area contributed by atoms with Crippen LogP contribution in [0.1, 0.15) is 36.0 Å². The first-order valence-electron chi connectivity index (χ1n) is 7.31. The Kier molecular flexibility index (Phi) is 6.15. The highest BCUT2D eigenvalue weighted by Gasteiger charge is 2.11. The summed E-state index contributed by atoms with van der Waals surface area (Å²) >= 11 is 1.74. The SMILES string of the molecule is CCCNC(CCc1ccncc1)Cc1csc(C)n1. The third-order valence-electron chi connectivity index (χ3n) is 3.34. The zero-order chi connectivity index (χ0) is 14.2. The van der Waals surface area contributed by atoms with Crippen LogP contribution in [0.5, 0.6) is 0 Å². The van der Waals surface area contributed by atoms with E-state index in [2.05, 4.69) is 46.6 Å². The van der Waals surface area contributed by atoms with Crippen molar-refractivity contribution in [2.75, 3.05) is 6.54 Å². The van der Waals surface area contributed by atoms with Gasteiger partial charge in [0.05, 0.1) is 10.7 Å². The summed E-state index contributed by atoms with van der Waals surface area (Å²) in [6.07, 6.45) is 8.16. The molecule has 2 rings (SSSR count). The Bertz CT molecular complexity index is 495. The number of aromatic nitrogens is 2. The molecule has 2 aromatic heterocycles. The summed E-state index contributed by atoms with van der Waals surface area (Å²) in [5.74, 6) is 0. The fourth-order valence-electron chi connectivity index (χ4n) is 2.27. The quantitative estimate of drug-likeness (QED) is 0.809. The molecule has 2 heterocycles. The first kappa shape index (κ1) is 15.1. The molecule has 1 atom stereocenters. The number of rotatable bonds is 8. The lowest BCUT2D eigenvalue weighted by Gasteiger charge is -2.17. The van der Waals surface area contributed by atoms with Crippen molar-refractivity contribution in [2.24, 2.45) is 0 Å². The van der Waals surface area contributed by atoms with Gasteiger partial charge in [-0.25, -0.2) is 4.98 Å². The molecule has 4 heteroatoms. The van der Waals surface area contributed by atoms with E-state index in [0.717, 1.165) is 30.8 Å². The molecule has 0 saturated carbocycles. The lowest BCUT2D eigenvalue weighted by molar-refractivity contribution is 0.474. The molecule has 0 spiro atoms. The van der Waals surface area contributed by atoms with Crippen LogP contribution in [0.25, 0.3) is 0 Å². The van der Waals surface area contributed by atoms with E-state index in [0.29, 0.717) is 6.04 Å². The van der Waals surface area contributed by atoms with E-state index in [-0.39, 0.29) is 0 Å². The average molecular weight is 289 g/mol. The molecule has 3 nitrogen and oxygen atoms in total. The van der Waals surface area contributed by atoms with Crippen molar-refractivity contribution in [3.05, 3.63) is 46.2 Å². The molecule has 1 unspecified atom stereocenters. The molecule has 0 aliphatic carbocycles. The van der Waals surface area contributed by atoms with E-state index < -0.39 is 0 Å². The van der Waals surface area contributed by atoms with Crippen LogP contribution < -0.4 is 5.32 Å². The second-order valence-electron chi connectivity index (χ2n) is 5.11. The van der Waals surface area contributed by atoms with Crippen molar-refractivity contribution in [3.63, 3.8) is 0 Å². The van der Waals surface area contributed by atoms with E-state index >= 15 is 0 Å². The molecule has 0 bridgehead atoms. The minimum absolute atomic E-state index is 0.504. The van der Waals surface area contributed by atoms with Crippen molar-refractivity contribution in [1.29, 1.82) is 0 Å². The van der Waals surface area contributed by atoms with Crippen LogP contribution in [0, 0.1) is 6.92 Å². The van der Waals surface area contributed by atoms with Crippen molar-refractivity contribution < 1.29 is 0 Å². The van der Waals surface area contributed by atoms with Crippen LogP contribution in [0.4, 0.5) is 0 Å². The van der Waals surface area contributed by atoms with Crippen LogP contribution in [0.3, 0.4) is 0 Å². The molecular weight excluding hydrogens is 266 g/mol. The number of hydrogen-bond acceptors (Lipinski definition) is 4. The average Bonchev–Trinajstić information content (AvgIpc) is 2.88. The molecule has 0 aromatic carbocycles. The minimum atomic E-state index is 0.504. The van der Waals surface area contributed by atoms with Crippen LogP contribution in [0.2, 0.25) is 0 Å². The molecule has 2 aromatic rings. The van der Waals surface area contributed by atoms with E-state index in [9.17, 15) is 0 Å². The summed E-state index contributed by atoms with van der Waals surface area (Å²) in [6, 6.07) is 4.71. The molecule has 0 saturated heterocycles. The molecule has 0 radical (unpaired) electrons. The minimum Gasteiger partial charge on any atom is -0.314 e. The Hall–Kier alpha value is -1.26. The van der Waals surface area contributed by atoms with E-state index in [1.165, 1.54) is 17.7 Å². The molecule has 0 fully saturated rings. The van der Waals surface area contributed by atoms with Gasteiger partial charge >= 0.3 is 0 Å². The molecule has 108 valence electrons. The zero-order valence-electron chi connectivity index (χ0n) is 12.3. The Labute approximate surface area is 125 Å². The van der Waals surface area contributed by atoms with Crippen LogP contribution in [0.15, 0.2) is 29.9 Å². The van der Waals surface area contributed by atoms with Gasteiger partial charge in [-0.2, -0.15) is 0 Å². The third-order valence-corrected chi connectivity index (χ3v) is 4.16. The topological polar surface area (TPSA) is 37.8 Å². The van der Waals surface area contributed by atoms with E-state index in [4.69, 9.17) is 0 Å². The Morgan fingerprint density at radius 3 is 2.75 bits per heavy atom. The Morgan fingerprint density at radius 1 is 1.30 bits per heavy atom. The summed E-state index contributed by atoms with van der Waals surface area (Å²) < 4.78 is 0. The number of hydrogen-bond donors (Lipinski definition) is 1. The van der Waals surface area contributed by atoms with Gasteiger partial charge in [-0.05, 0) is 50.4 Å². The summed E-state index contributed by atoms with van der Waals surface area (Å²) in [4.78, 5) is 8.65. The highest BCUT2D eigenvalue weighted by Crippen LogP contribution is 2.13. The summed E-state index contributed by atoms with van der Waals surface area (Å²) in [5.41, 5.74) is 2.58. The summed E-state index contributed by atoms with van der Waals surface area (Å²) in [7, 11) is 0. The van der Waals surface area contributed by atoms with Crippen molar-refractivity contribution >= 4 is 11.3 Å². The normalized spacial score (nSPS) is 12.5. The maximum atomic E-state index is 4.58. The standard InChI is InChI=1S/C16H23N3S/c1-3-8-18-15(11-16-12-20-13(2)19-16)5-4-14-6-9-17-10-7-14/h6-7,9-10,12,15,18H,3-5,8,11H2,1-2H3. The first-order valence-corrected chi connectivity index (χ1v) is 8.19. The lowest BCUT2D eigenvalue weighted by atomic mass is 10.0. The van der Waals surface area contributed by atoms with Crippen molar-refractivity contribution in [3.8, 4) is 0 Å². The van der Waals surface area contributed by atoms with Gasteiger partial charge in [-0.1, -0.05) is 6.92 Å². The Balaban J connectivity index is 1.89. The largest absolute Gasteiger partial charge is 0.314 e. The van der Waals surface area contributed by atoms with Crippen LogP contribution in [-0.2, 0) is 12.8 Å². The van der Waals surface area contributed by atoms with Gasteiger partial charge < -0.3 is 5.32 Å². The van der Waals surface area contributed by atoms with Gasteiger partial charge in [0.15, 0.2) is 0 Å². The van der Waals surface area contributed by atoms with Gasteiger partial charge in [0.2, 0.25) is 0 Å². The van der Waals surface area contributed by atoms with Gasteiger partial charge in [-0.15, -0.1) is 11.3 Å². The maximum absolute atomic E-state index is 4.58. The second kappa shape index (κ2) is 8.12. The number of aryl methyl sites for hydroxylation is 2. The highest BCUT2D eigenvalue weighted by atomic mass is 32.1. The van der Waals surface area contributed by atoms with E-state index in [1.54, 1.807) is 11.3 Å². The van der Waals surface area contributed by atoms with Crippen molar-refractivity contribution in [2.45, 2.75) is 45.6 Å². The smallest absolute Gasteiger partial charge is 0.0897 e. The number of nitrogens with one attached hydrogen (secondary N) is 1. The fourth-order valence-corrected chi connectivity index (χ4v) is 2.90. The van der Waals surface area contributed by atoms with E-state index in [1.807, 2.05) is 12.4 Å². The molecular formula is C16H23N3S. The molecule has 20 heavy (non-hydrogen) atoms. The number of pyridine rings is 1. The van der Waals surface area contributed by atoms with Gasteiger partial charge in [0, 0.05) is 30.2 Å². The molecule has 0 aliphatic heterocycles. The zero-order valence-corrected chi connectivity index (χ0v) is 13.1. The number of thiazole rings is 1. The fraction of sp³-hybridized carbons (Fsp3) is 0.500. The van der Waals surface area contributed by atoms with Gasteiger partial charge in [0.1, 0.15) is 0 Å². The Morgan fingerprint density at radius 2 is 2.10 bits per heavy atom. The molecule has 0 aliphatic rings. The second-order valence-corrected chi connectivity index (χ2v) is 6.17. The van der Waals surface area contributed by atoms with Gasteiger partial charge in [0.25, 0.3) is 0 Å². The summed E-state index contributed by atoms with van der Waals surface area (Å²) in [5, 5.41) is 6.99. The molecule has 1 N–H and O–H groups in total. The lowest BCUT2D eigenvalue weighted by Crippen LogP contribution is -2.32. The predicted octanol–water partition coefficient (Wildman–Crippen LogP) is 3.39. The monoisotopic (exact) mass is 289 g/mol. The maximum Gasteiger partial charge on any atom is 0.0897 e. The third kappa shape index (κ3) is 5.02. The number of nitrogens with zero attached hydrogens (tertiary/aromatic N) is 2.